The Morgan fingerprint density at radius 3 is 2.81 bits per heavy atom. The van der Waals surface area contributed by atoms with E-state index in [9.17, 15) is 8.42 Å². The first-order valence-corrected chi connectivity index (χ1v) is 9.40. The molecule has 0 atom stereocenters. The third kappa shape index (κ3) is 4.09. The number of benzene rings is 1. The van der Waals surface area contributed by atoms with Crippen LogP contribution >= 0.6 is 35.0 Å². The molecule has 0 bridgehead atoms. The summed E-state index contributed by atoms with van der Waals surface area (Å²) >= 11 is 13.0. The monoisotopic (exact) mass is 366 g/mol. The van der Waals surface area contributed by atoms with Crippen LogP contribution in [0.15, 0.2) is 28.3 Å². The first-order valence-electron chi connectivity index (χ1n) is 6.01. The fraction of sp³-hybridized carbons (Fsp3) is 0.364. The van der Waals surface area contributed by atoms with Gasteiger partial charge in [-0.1, -0.05) is 35.0 Å². The van der Waals surface area contributed by atoms with Crippen LogP contribution in [0.2, 0.25) is 10.0 Å². The molecule has 2 rings (SSSR count). The minimum Gasteiger partial charge on any atom is -0.224 e. The lowest BCUT2D eigenvalue weighted by Crippen LogP contribution is -2.10. The average molecular weight is 367 g/mol. The molecule has 0 amide bonds. The third-order valence-electron chi connectivity index (χ3n) is 2.61. The molecule has 6 nitrogen and oxygen atoms in total. The maximum atomic E-state index is 12.3. The highest BCUT2D eigenvalue weighted by atomic mass is 35.5. The Kier molecular flexibility index (Phi) is 5.48. The molecule has 0 spiro atoms. The second-order valence-corrected chi connectivity index (χ2v) is 8.00. The van der Waals surface area contributed by atoms with Crippen molar-refractivity contribution in [1.29, 1.82) is 0 Å². The number of sulfone groups is 1. The Labute approximate surface area is 136 Å². The third-order valence-corrected chi connectivity index (χ3v) is 6.25. The molecule has 0 unspecified atom stereocenters. The van der Waals surface area contributed by atoms with Crippen molar-refractivity contribution in [3.63, 3.8) is 0 Å². The van der Waals surface area contributed by atoms with Crippen LogP contribution in [-0.4, -0.2) is 40.1 Å². The molecule has 0 aliphatic carbocycles. The number of tetrazole rings is 1. The Morgan fingerprint density at radius 2 is 2.10 bits per heavy atom. The van der Waals surface area contributed by atoms with E-state index in [1.54, 1.807) is 10.7 Å². The van der Waals surface area contributed by atoms with E-state index in [0.717, 1.165) is 0 Å². The Balaban J connectivity index is 2.06. The molecule has 0 fully saturated rings. The van der Waals surface area contributed by atoms with Crippen LogP contribution in [0.5, 0.6) is 0 Å². The lowest BCUT2D eigenvalue weighted by molar-refractivity contribution is 0.581. The normalized spacial score (nSPS) is 11.8. The summed E-state index contributed by atoms with van der Waals surface area (Å²) in [4.78, 5) is 0.0485. The van der Waals surface area contributed by atoms with E-state index >= 15 is 0 Å². The van der Waals surface area contributed by atoms with Crippen molar-refractivity contribution < 1.29 is 8.42 Å². The molecule has 0 N–H and O–H groups in total. The van der Waals surface area contributed by atoms with E-state index in [4.69, 9.17) is 23.2 Å². The summed E-state index contributed by atoms with van der Waals surface area (Å²) in [5.41, 5.74) is 0. The summed E-state index contributed by atoms with van der Waals surface area (Å²) in [6, 6.07) is 4.38. The molecular weight excluding hydrogens is 355 g/mol. The Hall–Kier alpha value is -0.830. The Bertz CT molecular complexity index is 734. The van der Waals surface area contributed by atoms with Crippen LogP contribution in [-0.2, 0) is 16.4 Å². The number of halogens is 2. The molecule has 21 heavy (non-hydrogen) atoms. The second-order valence-electron chi connectivity index (χ2n) is 4.02. The molecule has 10 heteroatoms. The summed E-state index contributed by atoms with van der Waals surface area (Å²) < 4.78 is 26.1. The van der Waals surface area contributed by atoms with Gasteiger partial charge in [-0.25, -0.2) is 13.1 Å². The highest BCUT2D eigenvalue weighted by Gasteiger charge is 2.19. The van der Waals surface area contributed by atoms with Crippen molar-refractivity contribution >= 4 is 44.8 Å². The van der Waals surface area contributed by atoms with Crippen LogP contribution in [0.3, 0.4) is 0 Å². The van der Waals surface area contributed by atoms with Crippen molar-refractivity contribution in [3.8, 4) is 0 Å². The van der Waals surface area contributed by atoms with Crippen molar-refractivity contribution in [2.75, 3.05) is 11.5 Å². The summed E-state index contributed by atoms with van der Waals surface area (Å²) in [5.74, 6) is 0.250. The van der Waals surface area contributed by atoms with Gasteiger partial charge in [-0.05, 0) is 35.5 Å². The molecule has 1 aromatic heterocycles. The highest BCUT2D eigenvalue weighted by molar-refractivity contribution is 8.00. The molecule has 0 aliphatic heterocycles. The van der Waals surface area contributed by atoms with Gasteiger partial charge in [0.15, 0.2) is 9.84 Å². The number of nitrogens with zero attached hydrogens (tertiary/aromatic N) is 4. The van der Waals surface area contributed by atoms with Crippen molar-refractivity contribution in [2.45, 2.75) is 23.5 Å². The average Bonchev–Trinajstić information content (AvgIpc) is 2.88. The maximum absolute atomic E-state index is 12.3. The minimum atomic E-state index is -3.50. The van der Waals surface area contributed by atoms with E-state index in [1.807, 2.05) is 6.92 Å². The smallest absolute Gasteiger partial charge is 0.209 e. The second kappa shape index (κ2) is 6.95. The molecule has 0 radical (unpaired) electrons. The van der Waals surface area contributed by atoms with Crippen LogP contribution in [0.1, 0.15) is 6.92 Å². The molecule has 2 aromatic rings. The van der Waals surface area contributed by atoms with E-state index in [0.29, 0.717) is 22.5 Å². The number of aromatic nitrogens is 4. The predicted octanol–water partition coefficient (Wildman–Crippen LogP) is 2.57. The molecule has 0 saturated heterocycles. The molecular formula is C11H12Cl2N4O2S2. The summed E-state index contributed by atoms with van der Waals surface area (Å²) in [6.45, 7) is 2.53. The van der Waals surface area contributed by atoms with Crippen molar-refractivity contribution in [2.24, 2.45) is 0 Å². The van der Waals surface area contributed by atoms with Crippen LogP contribution in [0.25, 0.3) is 0 Å². The van der Waals surface area contributed by atoms with Crippen LogP contribution < -0.4 is 0 Å². The van der Waals surface area contributed by atoms with Crippen LogP contribution in [0, 0.1) is 0 Å². The van der Waals surface area contributed by atoms with Crippen LogP contribution in [0.4, 0.5) is 0 Å². The van der Waals surface area contributed by atoms with Gasteiger partial charge in [0.2, 0.25) is 5.16 Å². The van der Waals surface area contributed by atoms with E-state index < -0.39 is 9.84 Å². The molecule has 1 heterocycles. The summed E-state index contributed by atoms with van der Waals surface area (Å²) in [5, 5.41) is 12.3. The fourth-order valence-corrected chi connectivity index (χ4v) is 4.97. The Morgan fingerprint density at radius 1 is 1.33 bits per heavy atom. The predicted molar refractivity (Wildman–Crippen MR) is 82.7 cm³/mol. The van der Waals surface area contributed by atoms with Gasteiger partial charge in [0, 0.05) is 17.3 Å². The van der Waals surface area contributed by atoms with Gasteiger partial charge in [-0.3, -0.25) is 0 Å². The topological polar surface area (TPSA) is 77.7 Å². The SMILES string of the molecule is CCn1nnnc1SCCS(=O)(=O)c1cc(Cl)ccc1Cl. The van der Waals surface area contributed by atoms with Gasteiger partial charge in [0.25, 0.3) is 0 Å². The maximum Gasteiger partial charge on any atom is 0.209 e. The van der Waals surface area contributed by atoms with E-state index in [1.165, 1.54) is 23.9 Å². The van der Waals surface area contributed by atoms with Gasteiger partial charge >= 0.3 is 0 Å². The molecule has 0 aliphatic rings. The number of hydrogen-bond donors (Lipinski definition) is 0. The number of rotatable bonds is 6. The fourth-order valence-electron chi connectivity index (χ4n) is 1.57. The standard InChI is InChI=1S/C11H12Cl2N4O2S2/c1-2-17-11(14-15-16-17)20-5-6-21(18,19)10-7-8(12)3-4-9(10)13/h3-4,7H,2,5-6H2,1H3. The number of aryl methyl sites for hydroxylation is 1. The first-order chi connectivity index (χ1) is 9.94. The zero-order chi connectivity index (χ0) is 15.5. The molecule has 1 aromatic carbocycles. The zero-order valence-electron chi connectivity index (χ0n) is 11.0. The van der Waals surface area contributed by atoms with E-state index in [-0.39, 0.29) is 15.7 Å². The lowest BCUT2D eigenvalue weighted by Gasteiger charge is -2.06. The molecule has 114 valence electrons. The van der Waals surface area contributed by atoms with Crippen molar-refractivity contribution in [1.82, 2.24) is 20.2 Å². The molecule has 0 saturated carbocycles. The quantitative estimate of drug-likeness (QED) is 0.731. The summed E-state index contributed by atoms with van der Waals surface area (Å²) in [6.07, 6.45) is 0. The van der Waals surface area contributed by atoms with Gasteiger partial charge in [0.1, 0.15) is 0 Å². The number of hydrogen-bond acceptors (Lipinski definition) is 6. The number of thioether (sulfide) groups is 1. The largest absolute Gasteiger partial charge is 0.224 e. The summed E-state index contributed by atoms with van der Waals surface area (Å²) in [7, 11) is -3.50. The lowest BCUT2D eigenvalue weighted by atomic mass is 10.4. The minimum absolute atomic E-state index is 0.0485. The van der Waals surface area contributed by atoms with Gasteiger partial charge in [-0.15, -0.1) is 5.10 Å². The first kappa shape index (κ1) is 16.5. The van der Waals surface area contributed by atoms with Crippen molar-refractivity contribution in [3.05, 3.63) is 28.2 Å². The van der Waals surface area contributed by atoms with Gasteiger partial charge < -0.3 is 0 Å². The van der Waals surface area contributed by atoms with Gasteiger partial charge in [-0.2, -0.15) is 0 Å². The highest BCUT2D eigenvalue weighted by Crippen LogP contribution is 2.26. The van der Waals surface area contributed by atoms with Gasteiger partial charge in [0.05, 0.1) is 15.7 Å². The van der Waals surface area contributed by atoms with E-state index in [2.05, 4.69) is 15.5 Å². The zero-order valence-corrected chi connectivity index (χ0v) is 14.2.